The number of benzene rings is 1. The van der Waals surface area contributed by atoms with E-state index in [1.807, 2.05) is 28.8 Å². The molecule has 1 aromatic carbocycles. The highest BCUT2D eigenvalue weighted by Gasteiger charge is 2.22. The summed E-state index contributed by atoms with van der Waals surface area (Å²) in [7, 11) is 0. The molecule has 1 atom stereocenters. The lowest BCUT2D eigenvalue weighted by Gasteiger charge is -2.15. The predicted octanol–water partition coefficient (Wildman–Crippen LogP) is 3.53. The molecule has 0 aliphatic heterocycles. The average molecular weight is 448 g/mol. The second-order valence-corrected chi connectivity index (χ2v) is 6.80. The topological polar surface area (TPSA) is 66.4 Å². The molecule has 8 heteroatoms. The molecule has 0 saturated carbocycles. The molecule has 0 aliphatic carbocycles. The molecule has 2 N–H and O–H groups in total. The van der Waals surface area contributed by atoms with Crippen LogP contribution in [0.3, 0.4) is 0 Å². The van der Waals surface area contributed by atoms with E-state index in [9.17, 15) is 9.59 Å². The number of thioether (sulfide) groups is 1. The summed E-state index contributed by atoms with van der Waals surface area (Å²) in [4.78, 5) is 23.3. The molecule has 1 rings (SSSR count). The lowest BCUT2D eigenvalue weighted by atomic mass is 10.1. The fourth-order valence-electron chi connectivity index (χ4n) is 1.45. The van der Waals surface area contributed by atoms with Crippen LogP contribution in [0.2, 0.25) is 10.0 Å². The van der Waals surface area contributed by atoms with Crippen LogP contribution in [0.5, 0.6) is 0 Å². The van der Waals surface area contributed by atoms with E-state index in [4.69, 9.17) is 28.3 Å². The molecular formula is C12H12Cl2INO3S. The van der Waals surface area contributed by atoms with E-state index >= 15 is 0 Å². The highest BCUT2D eigenvalue weighted by molar-refractivity contribution is 14.1. The zero-order chi connectivity index (χ0) is 15.3. The van der Waals surface area contributed by atoms with Gasteiger partial charge in [-0.25, -0.2) is 4.79 Å². The summed E-state index contributed by atoms with van der Waals surface area (Å²) in [5, 5.41) is 12.3. The van der Waals surface area contributed by atoms with Crippen LogP contribution in [0.15, 0.2) is 12.1 Å². The number of nitrogens with one attached hydrogen (secondary N) is 1. The Kier molecular flexibility index (Phi) is 7.42. The van der Waals surface area contributed by atoms with Gasteiger partial charge in [0.2, 0.25) is 0 Å². The van der Waals surface area contributed by atoms with Crippen LogP contribution >= 0.6 is 57.6 Å². The van der Waals surface area contributed by atoms with Gasteiger partial charge in [-0.2, -0.15) is 11.8 Å². The van der Waals surface area contributed by atoms with E-state index in [-0.39, 0.29) is 5.56 Å². The van der Waals surface area contributed by atoms with Crippen molar-refractivity contribution < 1.29 is 14.7 Å². The second-order valence-electron chi connectivity index (χ2n) is 3.89. The van der Waals surface area contributed by atoms with Crippen molar-refractivity contribution in [2.24, 2.45) is 0 Å². The Bertz CT molecular complexity index is 528. The first-order valence-electron chi connectivity index (χ1n) is 5.54. The number of rotatable bonds is 6. The number of carboxylic acids is 1. The van der Waals surface area contributed by atoms with Crippen LogP contribution in [0.25, 0.3) is 0 Å². The number of carbonyl (C=O) groups excluding carboxylic acids is 1. The summed E-state index contributed by atoms with van der Waals surface area (Å²) in [5.41, 5.74) is 0.276. The Morgan fingerprint density at radius 3 is 2.65 bits per heavy atom. The molecule has 0 aliphatic rings. The van der Waals surface area contributed by atoms with Crippen molar-refractivity contribution >= 4 is 69.4 Å². The standard InChI is InChI=1S/C12H12Cl2INO3S/c1-20-3-2-9(12(18)19)16-11(17)7-4-6(13)5-8(14)10(7)15/h4-5,9H,2-3H2,1H3,(H,16,17)(H,18,19). The minimum absolute atomic E-state index is 0.276. The molecule has 0 heterocycles. The normalized spacial score (nSPS) is 12.0. The maximum atomic E-state index is 12.1. The molecular weight excluding hydrogens is 436 g/mol. The summed E-state index contributed by atoms with van der Waals surface area (Å²) in [6, 6.07) is 2.07. The highest BCUT2D eigenvalue weighted by atomic mass is 127. The number of hydrogen-bond donors (Lipinski definition) is 2. The first-order chi connectivity index (χ1) is 9.36. The van der Waals surface area contributed by atoms with Gasteiger partial charge >= 0.3 is 5.97 Å². The first kappa shape index (κ1) is 17.9. The fourth-order valence-corrected chi connectivity index (χ4v) is 2.97. The molecule has 1 unspecified atom stereocenters. The van der Waals surface area contributed by atoms with Gasteiger partial charge in [0, 0.05) is 8.59 Å². The molecule has 0 spiro atoms. The third kappa shape index (κ3) is 4.98. The minimum Gasteiger partial charge on any atom is -0.480 e. The van der Waals surface area contributed by atoms with Gasteiger partial charge in [-0.15, -0.1) is 0 Å². The molecule has 110 valence electrons. The molecule has 0 saturated heterocycles. The number of aliphatic carboxylic acids is 1. The van der Waals surface area contributed by atoms with E-state index in [1.54, 1.807) is 0 Å². The van der Waals surface area contributed by atoms with Crippen LogP contribution < -0.4 is 5.32 Å². The van der Waals surface area contributed by atoms with Gasteiger partial charge in [0.15, 0.2) is 0 Å². The maximum Gasteiger partial charge on any atom is 0.326 e. The maximum absolute atomic E-state index is 12.1. The van der Waals surface area contributed by atoms with Crippen LogP contribution in [0.4, 0.5) is 0 Å². The predicted molar refractivity (Wildman–Crippen MR) is 91.1 cm³/mol. The number of carboxylic acid groups (broad SMARTS) is 1. The van der Waals surface area contributed by atoms with Crippen molar-refractivity contribution in [1.82, 2.24) is 5.32 Å². The van der Waals surface area contributed by atoms with Crippen LogP contribution in [-0.2, 0) is 4.79 Å². The first-order valence-corrected chi connectivity index (χ1v) is 8.76. The van der Waals surface area contributed by atoms with Crippen molar-refractivity contribution in [2.75, 3.05) is 12.0 Å². The molecule has 0 aromatic heterocycles. The quantitative estimate of drug-likeness (QED) is 0.517. The van der Waals surface area contributed by atoms with Crippen molar-refractivity contribution in [1.29, 1.82) is 0 Å². The summed E-state index contributed by atoms with van der Waals surface area (Å²) >= 11 is 15.3. The average Bonchev–Trinajstić information content (AvgIpc) is 2.38. The zero-order valence-corrected chi connectivity index (χ0v) is 14.9. The van der Waals surface area contributed by atoms with Gasteiger partial charge in [0.25, 0.3) is 5.91 Å². The monoisotopic (exact) mass is 447 g/mol. The zero-order valence-electron chi connectivity index (χ0n) is 10.5. The van der Waals surface area contributed by atoms with E-state index in [1.165, 1.54) is 23.9 Å². The van der Waals surface area contributed by atoms with Crippen LogP contribution in [-0.4, -0.2) is 35.0 Å². The Labute approximate surface area is 144 Å². The van der Waals surface area contributed by atoms with E-state index in [0.29, 0.717) is 25.8 Å². The largest absolute Gasteiger partial charge is 0.480 e. The third-order valence-electron chi connectivity index (χ3n) is 2.45. The minimum atomic E-state index is -1.06. The number of hydrogen-bond acceptors (Lipinski definition) is 3. The summed E-state index contributed by atoms with van der Waals surface area (Å²) in [5.74, 6) is -0.909. The SMILES string of the molecule is CSCCC(NC(=O)c1cc(Cl)cc(Cl)c1I)C(=O)O. The van der Waals surface area contributed by atoms with Gasteiger partial charge in [-0.3, -0.25) is 4.79 Å². The molecule has 0 bridgehead atoms. The van der Waals surface area contributed by atoms with Crippen molar-refractivity contribution in [3.63, 3.8) is 0 Å². The molecule has 4 nitrogen and oxygen atoms in total. The smallest absolute Gasteiger partial charge is 0.326 e. The number of amides is 1. The van der Waals surface area contributed by atoms with Gasteiger partial charge in [0.1, 0.15) is 6.04 Å². The molecule has 1 aromatic rings. The number of halogens is 3. The summed E-state index contributed by atoms with van der Waals surface area (Å²) in [6.07, 6.45) is 2.23. The fraction of sp³-hybridized carbons (Fsp3) is 0.333. The Hall–Kier alpha value is -0.180. The molecule has 0 radical (unpaired) electrons. The van der Waals surface area contributed by atoms with Crippen molar-refractivity contribution in [2.45, 2.75) is 12.5 Å². The van der Waals surface area contributed by atoms with E-state index in [0.717, 1.165) is 0 Å². The van der Waals surface area contributed by atoms with E-state index < -0.39 is 17.9 Å². The molecule has 20 heavy (non-hydrogen) atoms. The Morgan fingerprint density at radius 1 is 1.45 bits per heavy atom. The molecule has 1 amide bonds. The second kappa shape index (κ2) is 8.31. The lowest BCUT2D eigenvalue weighted by Crippen LogP contribution is -2.41. The molecule has 0 fully saturated rings. The van der Waals surface area contributed by atoms with Gasteiger partial charge < -0.3 is 10.4 Å². The van der Waals surface area contributed by atoms with Crippen molar-refractivity contribution in [3.8, 4) is 0 Å². The van der Waals surface area contributed by atoms with Crippen LogP contribution in [0, 0.1) is 3.57 Å². The van der Waals surface area contributed by atoms with Gasteiger partial charge in [-0.1, -0.05) is 23.2 Å². The number of carbonyl (C=O) groups is 2. The van der Waals surface area contributed by atoms with E-state index in [2.05, 4.69) is 5.32 Å². The lowest BCUT2D eigenvalue weighted by molar-refractivity contribution is -0.139. The van der Waals surface area contributed by atoms with Gasteiger partial charge in [0.05, 0.1) is 10.6 Å². The van der Waals surface area contributed by atoms with Gasteiger partial charge in [-0.05, 0) is 53.2 Å². The third-order valence-corrected chi connectivity index (χ3v) is 5.09. The summed E-state index contributed by atoms with van der Waals surface area (Å²) < 4.78 is 0.542. The Balaban J connectivity index is 2.92. The van der Waals surface area contributed by atoms with Crippen molar-refractivity contribution in [3.05, 3.63) is 31.3 Å². The highest BCUT2D eigenvalue weighted by Crippen LogP contribution is 2.26. The summed E-state index contributed by atoms with van der Waals surface area (Å²) in [6.45, 7) is 0. The van der Waals surface area contributed by atoms with Crippen LogP contribution in [0.1, 0.15) is 16.8 Å². The Morgan fingerprint density at radius 2 is 2.10 bits per heavy atom.